The van der Waals surface area contributed by atoms with Crippen molar-refractivity contribution in [3.05, 3.63) is 41.5 Å². The van der Waals surface area contributed by atoms with E-state index in [2.05, 4.69) is 41.9 Å². The normalized spacial score (nSPS) is 18.0. The number of hydrogen-bond acceptors (Lipinski definition) is 3. The molecule has 1 aliphatic heterocycles. The van der Waals surface area contributed by atoms with Gasteiger partial charge in [-0.05, 0) is 36.5 Å². The van der Waals surface area contributed by atoms with Gasteiger partial charge in [-0.15, -0.1) is 0 Å². The molecule has 1 aliphatic carbocycles. The largest absolute Gasteiger partial charge is 0.353 e. The van der Waals surface area contributed by atoms with Gasteiger partial charge >= 0.3 is 0 Å². The molecule has 1 heterocycles. The van der Waals surface area contributed by atoms with Crippen molar-refractivity contribution in [2.75, 3.05) is 6.54 Å². The number of carbonyl (C=O) groups excluding carboxylic acids is 2. The minimum atomic E-state index is 0.00240. The molecule has 1 fully saturated rings. The van der Waals surface area contributed by atoms with Crippen LogP contribution in [0, 0.1) is 0 Å². The van der Waals surface area contributed by atoms with Crippen LogP contribution >= 0.6 is 0 Å². The summed E-state index contributed by atoms with van der Waals surface area (Å²) < 4.78 is 0. The van der Waals surface area contributed by atoms with Gasteiger partial charge in [-0.1, -0.05) is 44.0 Å². The minimum Gasteiger partial charge on any atom is -0.353 e. The van der Waals surface area contributed by atoms with E-state index in [0.29, 0.717) is 25.4 Å². The lowest BCUT2D eigenvalue weighted by atomic mass is 10.1. The summed E-state index contributed by atoms with van der Waals surface area (Å²) in [5.74, 6) is 0.0347. The summed E-state index contributed by atoms with van der Waals surface area (Å²) in [7, 11) is 0. The van der Waals surface area contributed by atoms with E-state index in [1.165, 1.54) is 18.4 Å². The molecule has 0 spiro atoms. The summed E-state index contributed by atoms with van der Waals surface area (Å²) in [6.45, 7) is 2.52. The van der Waals surface area contributed by atoms with Gasteiger partial charge in [0.1, 0.15) is 0 Å². The van der Waals surface area contributed by atoms with Crippen molar-refractivity contribution in [2.45, 2.75) is 57.9 Å². The molecule has 3 rings (SSSR count). The standard InChI is InChI=1S/C20H27N3O2/c1-2-15-7-9-16(10-8-15)18-11-12-20(25)23(22-18)14-13-19(24)21-17-5-3-4-6-17/h7-11,17,22H,2-6,12-14H2,1H3,(H,21,24). The van der Waals surface area contributed by atoms with Crippen molar-refractivity contribution in [3.63, 3.8) is 0 Å². The molecule has 5 heteroatoms. The number of rotatable bonds is 6. The van der Waals surface area contributed by atoms with Crippen LogP contribution in [0.15, 0.2) is 30.3 Å². The molecule has 1 aromatic rings. The topological polar surface area (TPSA) is 61.4 Å². The number of nitrogens with zero attached hydrogens (tertiary/aromatic N) is 1. The van der Waals surface area contributed by atoms with Gasteiger partial charge in [-0.2, -0.15) is 0 Å². The lowest BCUT2D eigenvalue weighted by molar-refractivity contribution is -0.133. The number of aryl methyl sites for hydroxylation is 1. The van der Waals surface area contributed by atoms with Crippen LogP contribution in [0.25, 0.3) is 5.70 Å². The Balaban J connectivity index is 1.54. The highest BCUT2D eigenvalue weighted by Gasteiger charge is 2.22. The van der Waals surface area contributed by atoms with Crippen LogP contribution < -0.4 is 10.7 Å². The molecule has 5 nitrogen and oxygen atoms in total. The van der Waals surface area contributed by atoms with Gasteiger partial charge < -0.3 is 5.32 Å². The average Bonchev–Trinajstić information content (AvgIpc) is 3.14. The Morgan fingerprint density at radius 3 is 2.64 bits per heavy atom. The van der Waals surface area contributed by atoms with Crippen LogP contribution in [0.5, 0.6) is 0 Å². The Kier molecular flexibility index (Phi) is 5.74. The summed E-state index contributed by atoms with van der Waals surface area (Å²) in [6, 6.07) is 8.67. The zero-order chi connectivity index (χ0) is 17.6. The van der Waals surface area contributed by atoms with Gasteiger partial charge in [-0.3, -0.25) is 20.0 Å². The molecule has 0 saturated heterocycles. The molecule has 25 heavy (non-hydrogen) atoms. The molecule has 134 valence electrons. The molecule has 2 aliphatic rings. The van der Waals surface area contributed by atoms with Gasteiger partial charge in [0.15, 0.2) is 0 Å². The summed E-state index contributed by atoms with van der Waals surface area (Å²) >= 11 is 0. The SMILES string of the molecule is CCc1ccc(C2=CCC(=O)N(CCC(=O)NC3CCCC3)N2)cc1. The van der Waals surface area contributed by atoms with E-state index in [0.717, 1.165) is 30.5 Å². The second kappa shape index (κ2) is 8.19. The lowest BCUT2D eigenvalue weighted by Gasteiger charge is -2.29. The van der Waals surface area contributed by atoms with Gasteiger partial charge in [0.25, 0.3) is 0 Å². The fraction of sp³-hybridized carbons (Fsp3) is 0.500. The van der Waals surface area contributed by atoms with E-state index in [1.54, 1.807) is 5.01 Å². The van der Waals surface area contributed by atoms with Gasteiger partial charge in [0.05, 0.1) is 12.2 Å². The van der Waals surface area contributed by atoms with E-state index in [4.69, 9.17) is 0 Å². The third kappa shape index (κ3) is 4.62. The first kappa shape index (κ1) is 17.5. The number of carbonyl (C=O) groups is 2. The van der Waals surface area contributed by atoms with E-state index >= 15 is 0 Å². The molecular weight excluding hydrogens is 314 g/mol. The maximum absolute atomic E-state index is 12.1. The highest BCUT2D eigenvalue weighted by molar-refractivity contribution is 5.84. The predicted molar refractivity (Wildman–Crippen MR) is 98.3 cm³/mol. The number of hydrogen-bond donors (Lipinski definition) is 2. The van der Waals surface area contributed by atoms with Crippen molar-refractivity contribution in [3.8, 4) is 0 Å². The van der Waals surface area contributed by atoms with Crippen LogP contribution in [-0.2, 0) is 16.0 Å². The van der Waals surface area contributed by atoms with E-state index in [1.807, 2.05) is 6.08 Å². The number of benzene rings is 1. The quantitative estimate of drug-likeness (QED) is 0.836. The summed E-state index contributed by atoms with van der Waals surface area (Å²) in [6.07, 6.45) is 8.16. The second-order valence-corrected chi connectivity index (χ2v) is 6.83. The molecule has 0 atom stereocenters. The van der Waals surface area contributed by atoms with Crippen molar-refractivity contribution in [1.29, 1.82) is 0 Å². The van der Waals surface area contributed by atoms with Crippen molar-refractivity contribution in [1.82, 2.24) is 15.8 Å². The zero-order valence-corrected chi connectivity index (χ0v) is 14.9. The van der Waals surface area contributed by atoms with Crippen LogP contribution in [-0.4, -0.2) is 29.4 Å². The molecule has 1 aromatic carbocycles. The Morgan fingerprint density at radius 2 is 1.96 bits per heavy atom. The molecule has 2 amide bonds. The molecule has 0 unspecified atom stereocenters. The third-order valence-electron chi connectivity index (χ3n) is 4.99. The Bertz CT molecular complexity index is 645. The summed E-state index contributed by atoms with van der Waals surface area (Å²) in [5.41, 5.74) is 6.45. The molecule has 0 aromatic heterocycles. The van der Waals surface area contributed by atoms with Crippen LogP contribution in [0.2, 0.25) is 0 Å². The Hall–Kier alpha value is -2.30. The number of nitrogens with one attached hydrogen (secondary N) is 2. The van der Waals surface area contributed by atoms with Gasteiger partial charge in [0, 0.05) is 18.9 Å². The van der Waals surface area contributed by atoms with E-state index < -0.39 is 0 Å². The first-order valence-corrected chi connectivity index (χ1v) is 9.31. The molecule has 0 radical (unpaired) electrons. The Labute approximate surface area is 149 Å². The van der Waals surface area contributed by atoms with E-state index in [-0.39, 0.29) is 11.8 Å². The lowest BCUT2D eigenvalue weighted by Crippen LogP contribution is -2.46. The third-order valence-corrected chi connectivity index (χ3v) is 4.99. The van der Waals surface area contributed by atoms with Gasteiger partial charge in [-0.25, -0.2) is 0 Å². The highest BCUT2D eigenvalue weighted by Crippen LogP contribution is 2.19. The maximum Gasteiger partial charge on any atom is 0.244 e. The van der Waals surface area contributed by atoms with Crippen molar-refractivity contribution < 1.29 is 9.59 Å². The van der Waals surface area contributed by atoms with Crippen molar-refractivity contribution >= 4 is 17.5 Å². The fourth-order valence-electron chi connectivity index (χ4n) is 3.42. The van der Waals surface area contributed by atoms with Crippen LogP contribution in [0.1, 0.15) is 56.6 Å². The van der Waals surface area contributed by atoms with Crippen LogP contribution in [0.3, 0.4) is 0 Å². The molecule has 0 bridgehead atoms. The molecule has 2 N–H and O–H groups in total. The zero-order valence-electron chi connectivity index (χ0n) is 14.9. The minimum absolute atomic E-state index is 0.00240. The van der Waals surface area contributed by atoms with E-state index in [9.17, 15) is 9.59 Å². The summed E-state index contributed by atoms with van der Waals surface area (Å²) in [5, 5.41) is 4.64. The molecular formula is C20H27N3O2. The second-order valence-electron chi connectivity index (χ2n) is 6.83. The summed E-state index contributed by atoms with van der Waals surface area (Å²) in [4.78, 5) is 24.2. The smallest absolute Gasteiger partial charge is 0.244 e. The average molecular weight is 341 g/mol. The maximum atomic E-state index is 12.1. The number of hydrazine groups is 1. The number of amides is 2. The Morgan fingerprint density at radius 1 is 1.24 bits per heavy atom. The molecule has 1 saturated carbocycles. The predicted octanol–water partition coefficient (Wildman–Crippen LogP) is 2.78. The highest BCUT2D eigenvalue weighted by atomic mass is 16.2. The van der Waals surface area contributed by atoms with Gasteiger partial charge in [0.2, 0.25) is 11.8 Å². The first-order chi connectivity index (χ1) is 12.2. The first-order valence-electron chi connectivity index (χ1n) is 9.31. The fourth-order valence-corrected chi connectivity index (χ4v) is 3.42. The van der Waals surface area contributed by atoms with Crippen molar-refractivity contribution in [2.24, 2.45) is 0 Å². The monoisotopic (exact) mass is 341 g/mol. The van der Waals surface area contributed by atoms with Crippen LogP contribution in [0.4, 0.5) is 0 Å².